The number of aliphatic hydroxyl groups excluding tert-OH is 1. The van der Waals surface area contributed by atoms with Crippen molar-refractivity contribution in [2.45, 2.75) is 20.0 Å². The van der Waals surface area contributed by atoms with Gasteiger partial charge in [0.25, 0.3) is 5.91 Å². The largest absolute Gasteiger partial charge is 0.394 e. The Hall–Kier alpha value is -1.39. The number of carbonyl (C=O) groups excluding carboxylic acids is 1. The van der Waals surface area contributed by atoms with Crippen LogP contribution in [0.3, 0.4) is 0 Å². The molecule has 1 unspecified atom stereocenters. The molecular weight excluding hydrogens is 218 g/mol. The van der Waals surface area contributed by atoms with E-state index in [9.17, 15) is 4.79 Å². The van der Waals surface area contributed by atoms with Gasteiger partial charge in [0, 0.05) is 5.69 Å². The highest BCUT2D eigenvalue weighted by molar-refractivity contribution is 5.95. The molecule has 1 amide bonds. The normalized spacial score (nSPS) is 20.8. The third kappa shape index (κ3) is 2.65. The lowest BCUT2D eigenvalue weighted by molar-refractivity contribution is -0.130. The minimum Gasteiger partial charge on any atom is -0.394 e. The lowest BCUT2D eigenvalue weighted by atomic mass is 10.1. The molecule has 4 heteroatoms. The number of carbonyl (C=O) groups is 1. The summed E-state index contributed by atoms with van der Waals surface area (Å²) in [6.07, 6.45) is -0.284. The summed E-state index contributed by atoms with van der Waals surface area (Å²) in [5, 5.41) is 9.09. The van der Waals surface area contributed by atoms with Gasteiger partial charge in [-0.1, -0.05) is 6.07 Å². The first-order valence-corrected chi connectivity index (χ1v) is 5.71. The molecule has 0 bridgehead atoms. The molecule has 92 valence electrons. The van der Waals surface area contributed by atoms with E-state index in [-0.39, 0.29) is 25.2 Å². The Labute approximate surface area is 101 Å². The number of rotatable bonds is 2. The van der Waals surface area contributed by atoms with Crippen LogP contribution in [0.1, 0.15) is 11.1 Å². The highest BCUT2D eigenvalue weighted by Gasteiger charge is 2.26. The first-order chi connectivity index (χ1) is 8.10. The van der Waals surface area contributed by atoms with Gasteiger partial charge in [0.15, 0.2) is 0 Å². The Balaban J connectivity index is 2.27. The molecule has 0 aliphatic carbocycles. The van der Waals surface area contributed by atoms with E-state index in [1.54, 1.807) is 4.90 Å². The monoisotopic (exact) mass is 235 g/mol. The van der Waals surface area contributed by atoms with Gasteiger partial charge < -0.3 is 14.7 Å². The van der Waals surface area contributed by atoms with Gasteiger partial charge in [-0.05, 0) is 37.1 Å². The van der Waals surface area contributed by atoms with Crippen LogP contribution in [0.2, 0.25) is 0 Å². The number of hydrogen-bond acceptors (Lipinski definition) is 3. The summed E-state index contributed by atoms with van der Waals surface area (Å²) in [5.74, 6) is -0.0558. The van der Waals surface area contributed by atoms with E-state index >= 15 is 0 Å². The Kier molecular flexibility index (Phi) is 3.45. The van der Waals surface area contributed by atoms with Crippen LogP contribution in [0.15, 0.2) is 18.2 Å². The van der Waals surface area contributed by atoms with Crippen LogP contribution in [0, 0.1) is 13.8 Å². The van der Waals surface area contributed by atoms with E-state index in [2.05, 4.69) is 6.07 Å². The zero-order valence-corrected chi connectivity index (χ0v) is 10.1. The van der Waals surface area contributed by atoms with Crippen molar-refractivity contribution in [3.8, 4) is 0 Å². The molecule has 1 aromatic rings. The lowest BCUT2D eigenvalue weighted by Crippen LogP contribution is -2.48. The van der Waals surface area contributed by atoms with Crippen molar-refractivity contribution < 1.29 is 14.6 Å². The highest BCUT2D eigenvalue weighted by Crippen LogP contribution is 2.21. The highest BCUT2D eigenvalue weighted by atomic mass is 16.5. The van der Waals surface area contributed by atoms with Crippen LogP contribution in [-0.4, -0.2) is 36.9 Å². The fourth-order valence-electron chi connectivity index (χ4n) is 2.09. The SMILES string of the molecule is Cc1cc(C)cc(N2CC(CO)OCC2=O)c1. The number of hydrogen-bond donors (Lipinski definition) is 1. The molecule has 1 saturated heterocycles. The second-order valence-electron chi connectivity index (χ2n) is 4.47. The zero-order chi connectivity index (χ0) is 12.4. The minimum absolute atomic E-state index is 0.0399. The van der Waals surface area contributed by atoms with Crippen molar-refractivity contribution in [3.63, 3.8) is 0 Å². The molecule has 1 atom stereocenters. The van der Waals surface area contributed by atoms with Gasteiger partial charge in [-0.3, -0.25) is 4.79 Å². The van der Waals surface area contributed by atoms with Gasteiger partial charge >= 0.3 is 0 Å². The Morgan fingerprint density at radius 1 is 1.35 bits per heavy atom. The Bertz CT molecular complexity index is 410. The number of aryl methyl sites for hydroxylation is 2. The van der Waals surface area contributed by atoms with Gasteiger partial charge in [0.2, 0.25) is 0 Å². The van der Waals surface area contributed by atoms with Crippen molar-refractivity contribution in [1.82, 2.24) is 0 Å². The summed E-state index contributed by atoms with van der Waals surface area (Å²) >= 11 is 0. The van der Waals surface area contributed by atoms with E-state index in [0.29, 0.717) is 6.54 Å². The lowest BCUT2D eigenvalue weighted by Gasteiger charge is -2.32. The van der Waals surface area contributed by atoms with Gasteiger partial charge in [-0.15, -0.1) is 0 Å². The van der Waals surface area contributed by atoms with Crippen molar-refractivity contribution in [1.29, 1.82) is 0 Å². The van der Waals surface area contributed by atoms with Crippen LogP contribution in [-0.2, 0) is 9.53 Å². The molecule has 0 saturated carbocycles. The summed E-state index contributed by atoms with van der Waals surface area (Å²) in [5.41, 5.74) is 3.13. The molecule has 1 fully saturated rings. The number of anilines is 1. The molecule has 1 aliphatic heterocycles. The fraction of sp³-hybridized carbons (Fsp3) is 0.462. The summed E-state index contributed by atoms with van der Waals surface area (Å²) in [4.78, 5) is 13.5. The molecular formula is C13H17NO3. The second-order valence-corrected chi connectivity index (χ2v) is 4.47. The molecule has 1 heterocycles. The zero-order valence-electron chi connectivity index (χ0n) is 10.1. The Morgan fingerprint density at radius 2 is 2.00 bits per heavy atom. The van der Waals surface area contributed by atoms with E-state index in [0.717, 1.165) is 16.8 Å². The maximum atomic E-state index is 11.8. The first kappa shape index (κ1) is 12.1. The molecule has 17 heavy (non-hydrogen) atoms. The van der Waals surface area contributed by atoms with E-state index in [1.807, 2.05) is 26.0 Å². The van der Waals surface area contributed by atoms with Crippen molar-refractivity contribution in [2.75, 3.05) is 24.7 Å². The molecule has 4 nitrogen and oxygen atoms in total. The fourth-order valence-corrected chi connectivity index (χ4v) is 2.09. The summed E-state index contributed by atoms with van der Waals surface area (Å²) < 4.78 is 5.21. The average Bonchev–Trinajstić information content (AvgIpc) is 2.28. The molecule has 1 aromatic carbocycles. The van der Waals surface area contributed by atoms with Crippen LogP contribution < -0.4 is 4.90 Å². The van der Waals surface area contributed by atoms with Gasteiger partial charge in [0.05, 0.1) is 19.3 Å². The third-order valence-corrected chi connectivity index (χ3v) is 2.85. The van der Waals surface area contributed by atoms with Crippen molar-refractivity contribution in [2.24, 2.45) is 0 Å². The molecule has 0 aromatic heterocycles. The van der Waals surface area contributed by atoms with E-state index in [1.165, 1.54) is 0 Å². The maximum Gasteiger partial charge on any atom is 0.253 e. The summed E-state index contributed by atoms with van der Waals surface area (Å²) in [7, 11) is 0. The van der Waals surface area contributed by atoms with Crippen LogP contribution in [0.4, 0.5) is 5.69 Å². The number of benzene rings is 1. The Morgan fingerprint density at radius 3 is 2.59 bits per heavy atom. The smallest absolute Gasteiger partial charge is 0.253 e. The number of ether oxygens (including phenoxy) is 1. The van der Waals surface area contributed by atoms with Gasteiger partial charge in [-0.25, -0.2) is 0 Å². The summed E-state index contributed by atoms with van der Waals surface area (Å²) in [6, 6.07) is 6.02. The maximum absolute atomic E-state index is 11.8. The number of aliphatic hydroxyl groups is 1. The predicted octanol–water partition coefficient (Wildman–Crippen LogP) is 1.03. The molecule has 1 aliphatic rings. The van der Waals surface area contributed by atoms with E-state index < -0.39 is 0 Å². The third-order valence-electron chi connectivity index (χ3n) is 2.85. The molecule has 0 radical (unpaired) electrons. The van der Waals surface area contributed by atoms with Crippen molar-refractivity contribution in [3.05, 3.63) is 29.3 Å². The number of amides is 1. The van der Waals surface area contributed by atoms with Crippen molar-refractivity contribution >= 4 is 11.6 Å². The topological polar surface area (TPSA) is 49.8 Å². The number of morpholine rings is 1. The van der Waals surface area contributed by atoms with Crippen LogP contribution >= 0.6 is 0 Å². The second kappa shape index (κ2) is 4.85. The molecule has 0 spiro atoms. The summed E-state index contributed by atoms with van der Waals surface area (Å²) in [6.45, 7) is 4.40. The molecule has 2 rings (SSSR count). The van der Waals surface area contributed by atoms with Crippen LogP contribution in [0.25, 0.3) is 0 Å². The quantitative estimate of drug-likeness (QED) is 0.833. The van der Waals surface area contributed by atoms with Crippen LogP contribution in [0.5, 0.6) is 0 Å². The predicted molar refractivity (Wildman–Crippen MR) is 65.1 cm³/mol. The van der Waals surface area contributed by atoms with Gasteiger partial charge in [0.1, 0.15) is 6.61 Å². The first-order valence-electron chi connectivity index (χ1n) is 5.71. The standard InChI is InChI=1S/C13H17NO3/c1-9-3-10(2)5-11(4-9)14-6-12(7-15)17-8-13(14)16/h3-5,12,15H,6-8H2,1-2H3. The average molecular weight is 235 g/mol. The number of nitrogens with zero attached hydrogens (tertiary/aromatic N) is 1. The van der Waals surface area contributed by atoms with E-state index in [4.69, 9.17) is 9.84 Å². The molecule has 1 N–H and O–H groups in total. The van der Waals surface area contributed by atoms with Gasteiger partial charge in [-0.2, -0.15) is 0 Å². The minimum atomic E-state index is -0.284.